The molecule has 0 aliphatic heterocycles. The second kappa shape index (κ2) is 2.44. The van der Waals surface area contributed by atoms with Crippen LogP contribution in [0.3, 0.4) is 0 Å². The number of aryl methyl sites for hydroxylation is 1. The molecule has 2 heterocycles. The van der Waals surface area contributed by atoms with Crippen LogP contribution in [0.25, 0.3) is 11.0 Å². The predicted molar refractivity (Wildman–Crippen MR) is 51.3 cm³/mol. The molecule has 56 valence electrons. The van der Waals surface area contributed by atoms with Crippen LogP contribution < -0.4 is 0 Å². The van der Waals surface area contributed by atoms with Gasteiger partial charge >= 0.3 is 0 Å². The molecule has 0 aromatic carbocycles. The number of hydrogen-bond acceptors (Lipinski definition) is 2. The van der Waals surface area contributed by atoms with Gasteiger partial charge in [0.1, 0.15) is 5.52 Å². The summed E-state index contributed by atoms with van der Waals surface area (Å²) < 4.78 is 1.20. The van der Waals surface area contributed by atoms with Gasteiger partial charge in [-0.25, -0.2) is 0 Å². The average molecular weight is 259 g/mol. The summed E-state index contributed by atoms with van der Waals surface area (Å²) in [5, 5.41) is 6.82. The predicted octanol–water partition coefficient (Wildman–Crippen LogP) is 1.87. The first-order valence-corrected chi connectivity index (χ1v) is 4.31. The van der Waals surface area contributed by atoms with E-state index in [0.717, 1.165) is 11.0 Å². The van der Waals surface area contributed by atoms with E-state index in [-0.39, 0.29) is 0 Å². The topological polar surface area (TPSA) is 41.6 Å². The molecule has 0 spiro atoms. The van der Waals surface area contributed by atoms with Crippen molar-refractivity contribution in [1.82, 2.24) is 15.2 Å². The molecule has 2 aromatic rings. The summed E-state index contributed by atoms with van der Waals surface area (Å²) in [6.07, 6.45) is 3.59. The van der Waals surface area contributed by atoms with E-state index in [2.05, 4.69) is 37.8 Å². The molecule has 2 rings (SSSR count). The van der Waals surface area contributed by atoms with E-state index >= 15 is 0 Å². The highest BCUT2D eigenvalue weighted by atomic mass is 127. The van der Waals surface area contributed by atoms with Gasteiger partial charge < -0.3 is 0 Å². The largest absolute Gasteiger partial charge is 0.275 e. The second-order valence-electron chi connectivity index (χ2n) is 2.39. The molecule has 0 radical (unpaired) electrons. The normalized spacial score (nSPS) is 10.7. The van der Waals surface area contributed by atoms with Crippen LogP contribution in [0.1, 0.15) is 5.56 Å². The SMILES string of the molecule is Cc1cnc2cn[nH]c2c1I. The van der Waals surface area contributed by atoms with E-state index < -0.39 is 0 Å². The number of aromatic amines is 1. The second-order valence-corrected chi connectivity index (χ2v) is 3.46. The fourth-order valence-corrected chi connectivity index (χ4v) is 1.50. The van der Waals surface area contributed by atoms with Crippen molar-refractivity contribution in [3.05, 3.63) is 21.5 Å². The van der Waals surface area contributed by atoms with Gasteiger partial charge in [0.2, 0.25) is 0 Å². The number of hydrogen-bond donors (Lipinski definition) is 1. The molecule has 0 unspecified atom stereocenters. The summed E-state index contributed by atoms with van der Waals surface area (Å²) in [4.78, 5) is 4.20. The van der Waals surface area contributed by atoms with Gasteiger partial charge in [-0.05, 0) is 35.1 Å². The zero-order chi connectivity index (χ0) is 7.84. The first kappa shape index (κ1) is 7.02. The molecule has 0 aliphatic carbocycles. The third kappa shape index (κ3) is 1.01. The van der Waals surface area contributed by atoms with Crippen LogP contribution in [0.2, 0.25) is 0 Å². The van der Waals surface area contributed by atoms with E-state index in [1.54, 1.807) is 6.20 Å². The van der Waals surface area contributed by atoms with Crippen LogP contribution in [0.4, 0.5) is 0 Å². The van der Waals surface area contributed by atoms with Crippen LogP contribution in [0.5, 0.6) is 0 Å². The Hall–Kier alpha value is -0.650. The Morgan fingerprint density at radius 1 is 1.45 bits per heavy atom. The smallest absolute Gasteiger partial charge is 0.109 e. The number of H-pyrrole nitrogens is 1. The molecule has 0 saturated heterocycles. The molecule has 2 aromatic heterocycles. The van der Waals surface area contributed by atoms with Crippen LogP contribution in [-0.2, 0) is 0 Å². The van der Waals surface area contributed by atoms with E-state index in [0.29, 0.717) is 0 Å². The summed E-state index contributed by atoms with van der Waals surface area (Å²) in [7, 11) is 0. The van der Waals surface area contributed by atoms with E-state index in [1.165, 1.54) is 9.13 Å². The van der Waals surface area contributed by atoms with Crippen molar-refractivity contribution >= 4 is 33.6 Å². The summed E-state index contributed by atoms with van der Waals surface area (Å²) in [6, 6.07) is 0. The quantitative estimate of drug-likeness (QED) is 0.734. The van der Waals surface area contributed by atoms with Crippen LogP contribution in [-0.4, -0.2) is 15.2 Å². The number of halogens is 1. The van der Waals surface area contributed by atoms with Crippen molar-refractivity contribution in [2.24, 2.45) is 0 Å². The minimum absolute atomic E-state index is 0.931. The molecule has 0 amide bonds. The lowest BCUT2D eigenvalue weighted by molar-refractivity contribution is 1.11. The van der Waals surface area contributed by atoms with Gasteiger partial charge in [0.05, 0.1) is 11.7 Å². The average Bonchev–Trinajstić information content (AvgIpc) is 2.45. The number of aromatic nitrogens is 3. The van der Waals surface area contributed by atoms with Crippen molar-refractivity contribution in [3.63, 3.8) is 0 Å². The Balaban J connectivity index is 2.93. The lowest BCUT2D eigenvalue weighted by Gasteiger charge is -1.95. The van der Waals surface area contributed by atoms with Gasteiger partial charge in [-0.1, -0.05) is 0 Å². The van der Waals surface area contributed by atoms with E-state index in [4.69, 9.17) is 0 Å². The fourth-order valence-electron chi connectivity index (χ4n) is 0.959. The van der Waals surface area contributed by atoms with Gasteiger partial charge in [0.15, 0.2) is 0 Å². The number of nitrogens with zero attached hydrogens (tertiary/aromatic N) is 2. The Labute approximate surface area is 77.4 Å². The third-order valence-corrected chi connectivity index (χ3v) is 2.97. The number of pyridine rings is 1. The maximum Gasteiger partial charge on any atom is 0.109 e. The third-order valence-electron chi connectivity index (χ3n) is 1.58. The highest BCUT2D eigenvalue weighted by Gasteiger charge is 2.02. The van der Waals surface area contributed by atoms with Gasteiger partial charge in [-0.15, -0.1) is 0 Å². The lowest BCUT2D eigenvalue weighted by Crippen LogP contribution is -1.84. The monoisotopic (exact) mass is 259 g/mol. The Morgan fingerprint density at radius 3 is 3.09 bits per heavy atom. The maximum absolute atomic E-state index is 4.20. The van der Waals surface area contributed by atoms with Crippen LogP contribution in [0, 0.1) is 10.5 Å². The summed E-state index contributed by atoms with van der Waals surface area (Å²) in [5.41, 5.74) is 3.15. The molecule has 0 saturated carbocycles. The van der Waals surface area contributed by atoms with E-state index in [9.17, 15) is 0 Å². The number of fused-ring (bicyclic) bond motifs is 1. The van der Waals surface area contributed by atoms with Crippen LogP contribution in [0.15, 0.2) is 12.4 Å². The molecular weight excluding hydrogens is 253 g/mol. The first-order chi connectivity index (χ1) is 5.29. The highest BCUT2D eigenvalue weighted by molar-refractivity contribution is 14.1. The molecule has 1 N–H and O–H groups in total. The van der Waals surface area contributed by atoms with Gasteiger partial charge in [0, 0.05) is 9.77 Å². The maximum atomic E-state index is 4.20. The van der Waals surface area contributed by atoms with Crippen molar-refractivity contribution < 1.29 is 0 Å². The van der Waals surface area contributed by atoms with Crippen molar-refractivity contribution in [2.45, 2.75) is 6.92 Å². The zero-order valence-corrected chi connectivity index (χ0v) is 8.08. The van der Waals surface area contributed by atoms with E-state index in [1.807, 2.05) is 13.1 Å². The molecule has 3 nitrogen and oxygen atoms in total. The van der Waals surface area contributed by atoms with Crippen molar-refractivity contribution in [2.75, 3.05) is 0 Å². The standard InChI is InChI=1S/C7H6IN3/c1-4-2-9-5-3-10-11-7(5)6(4)8/h2-3H,1H3,(H,10,11). The zero-order valence-electron chi connectivity index (χ0n) is 5.93. The number of rotatable bonds is 0. The molecule has 0 fully saturated rings. The van der Waals surface area contributed by atoms with Crippen LogP contribution >= 0.6 is 22.6 Å². The lowest BCUT2D eigenvalue weighted by atomic mass is 10.3. The number of nitrogens with one attached hydrogen (secondary N) is 1. The summed E-state index contributed by atoms with van der Waals surface area (Å²) in [5.74, 6) is 0. The minimum atomic E-state index is 0.931. The van der Waals surface area contributed by atoms with Crippen molar-refractivity contribution in [1.29, 1.82) is 0 Å². The summed E-state index contributed by atoms with van der Waals surface area (Å²) >= 11 is 2.29. The Bertz CT molecular complexity index is 393. The Morgan fingerprint density at radius 2 is 2.27 bits per heavy atom. The highest BCUT2D eigenvalue weighted by Crippen LogP contribution is 2.18. The minimum Gasteiger partial charge on any atom is -0.275 e. The molecule has 0 aliphatic rings. The van der Waals surface area contributed by atoms with Gasteiger partial charge in [-0.3, -0.25) is 10.1 Å². The molecule has 0 atom stereocenters. The first-order valence-electron chi connectivity index (χ1n) is 3.23. The van der Waals surface area contributed by atoms with Crippen molar-refractivity contribution in [3.8, 4) is 0 Å². The Kier molecular flexibility index (Phi) is 1.56. The molecular formula is C7H6IN3. The van der Waals surface area contributed by atoms with Gasteiger partial charge in [-0.2, -0.15) is 5.10 Å². The van der Waals surface area contributed by atoms with Gasteiger partial charge in [0.25, 0.3) is 0 Å². The fraction of sp³-hybridized carbons (Fsp3) is 0.143. The molecule has 11 heavy (non-hydrogen) atoms. The summed E-state index contributed by atoms with van der Waals surface area (Å²) in [6.45, 7) is 2.04. The molecule has 4 heteroatoms. The molecule has 0 bridgehead atoms.